The van der Waals surface area contributed by atoms with Crippen LogP contribution in [-0.2, 0) is 19.1 Å². The number of unbranched alkanes of at least 4 members (excludes halogenated alkanes) is 36. The highest BCUT2D eigenvalue weighted by molar-refractivity contribution is 5.70. The molecule has 0 aliphatic rings. The van der Waals surface area contributed by atoms with E-state index in [0.717, 1.165) is 38.5 Å². The molecule has 0 aromatic carbocycles. The van der Waals surface area contributed by atoms with Gasteiger partial charge in [0.05, 0.1) is 6.61 Å². The highest BCUT2D eigenvalue weighted by atomic mass is 16.6. The van der Waals surface area contributed by atoms with E-state index in [1.807, 2.05) is 0 Å². The summed E-state index contributed by atoms with van der Waals surface area (Å²) in [4.78, 5) is 24.4. The molecule has 1 N–H and O–H groups in total. The molecule has 0 bridgehead atoms. The van der Waals surface area contributed by atoms with Crippen LogP contribution in [0.2, 0.25) is 0 Å². The molecule has 0 spiro atoms. The minimum atomic E-state index is -0.766. The van der Waals surface area contributed by atoms with Crippen molar-refractivity contribution in [2.45, 2.75) is 283 Å². The van der Waals surface area contributed by atoms with Gasteiger partial charge >= 0.3 is 11.9 Å². The molecule has 0 amide bonds. The normalized spacial score (nSPS) is 12.1. The maximum atomic E-state index is 12.2. The number of hydrogen-bond donors (Lipinski definition) is 1. The van der Waals surface area contributed by atoms with E-state index >= 15 is 0 Å². The largest absolute Gasteiger partial charge is 0.462 e. The van der Waals surface area contributed by atoms with Gasteiger partial charge in [-0.15, -0.1) is 0 Å². The van der Waals surface area contributed by atoms with Crippen LogP contribution < -0.4 is 0 Å². The maximum Gasteiger partial charge on any atom is 0.306 e. The molecule has 0 aromatic rings. The second kappa shape index (κ2) is 47.0. The van der Waals surface area contributed by atoms with Gasteiger partial charge in [0.2, 0.25) is 0 Å². The molecule has 0 aliphatic heterocycles. The van der Waals surface area contributed by atoms with Gasteiger partial charge in [-0.2, -0.15) is 0 Å². The molecule has 1 atom stereocenters. The first kappa shape index (κ1) is 53.6. The van der Waals surface area contributed by atoms with Gasteiger partial charge in [-0.25, -0.2) is 0 Å². The molecule has 5 nitrogen and oxygen atoms in total. The fraction of sp³-hybridized carbons (Fsp3) is 0.920. The van der Waals surface area contributed by atoms with E-state index in [1.54, 1.807) is 0 Å². The quantitative estimate of drug-likeness (QED) is 0.0379. The van der Waals surface area contributed by atoms with Crippen LogP contribution >= 0.6 is 0 Å². The van der Waals surface area contributed by atoms with Crippen LogP contribution in [-0.4, -0.2) is 36.4 Å². The third-order valence-corrected chi connectivity index (χ3v) is 11.3. The minimum absolute atomic E-state index is 0.0592. The van der Waals surface area contributed by atoms with E-state index in [9.17, 15) is 14.7 Å². The van der Waals surface area contributed by atoms with Crippen molar-refractivity contribution in [3.63, 3.8) is 0 Å². The molecule has 0 aromatic heterocycles. The summed E-state index contributed by atoms with van der Waals surface area (Å²) in [6, 6.07) is 0. The molecular weight excluding hydrogens is 681 g/mol. The number of hydrogen-bond acceptors (Lipinski definition) is 5. The molecule has 0 fully saturated rings. The lowest BCUT2D eigenvalue weighted by atomic mass is 10.0. The molecule has 5 heteroatoms. The van der Waals surface area contributed by atoms with Crippen molar-refractivity contribution < 1.29 is 24.2 Å². The smallest absolute Gasteiger partial charge is 0.306 e. The molecule has 0 heterocycles. The summed E-state index contributed by atoms with van der Waals surface area (Å²) in [5.74, 6) is -0.573. The van der Waals surface area contributed by atoms with E-state index < -0.39 is 6.10 Å². The zero-order valence-electron chi connectivity index (χ0n) is 37.2. The van der Waals surface area contributed by atoms with Crippen LogP contribution in [0.25, 0.3) is 0 Å². The number of rotatable bonds is 46. The highest BCUT2D eigenvalue weighted by Crippen LogP contribution is 2.17. The molecular formula is C50H96O5. The Labute approximate surface area is 343 Å². The lowest BCUT2D eigenvalue weighted by molar-refractivity contribution is -0.161. The first-order valence-corrected chi connectivity index (χ1v) is 24.7. The number of allylic oxidation sites excluding steroid dienone is 2. The van der Waals surface area contributed by atoms with Crippen molar-refractivity contribution in [1.29, 1.82) is 0 Å². The van der Waals surface area contributed by atoms with Crippen molar-refractivity contribution in [3.05, 3.63) is 12.2 Å². The fourth-order valence-electron chi connectivity index (χ4n) is 7.55. The monoisotopic (exact) mass is 777 g/mol. The molecule has 0 aliphatic carbocycles. The number of carbonyl (C=O) groups is 2. The van der Waals surface area contributed by atoms with Crippen LogP contribution in [0.4, 0.5) is 0 Å². The Morgan fingerprint density at radius 1 is 0.400 bits per heavy atom. The van der Waals surface area contributed by atoms with Crippen LogP contribution in [0, 0.1) is 0 Å². The minimum Gasteiger partial charge on any atom is -0.462 e. The molecule has 0 radical (unpaired) electrons. The Hall–Kier alpha value is -1.36. The topological polar surface area (TPSA) is 72.8 Å². The lowest BCUT2D eigenvalue weighted by Gasteiger charge is -2.15. The average molecular weight is 777 g/mol. The number of aliphatic hydroxyl groups is 1. The van der Waals surface area contributed by atoms with Gasteiger partial charge in [0.15, 0.2) is 6.10 Å². The summed E-state index contributed by atoms with van der Waals surface area (Å²) >= 11 is 0. The van der Waals surface area contributed by atoms with Crippen molar-refractivity contribution >= 4 is 11.9 Å². The van der Waals surface area contributed by atoms with Gasteiger partial charge in [0, 0.05) is 12.8 Å². The lowest BCUT2D eigenvalue weighted by Crippen LogP contribution is -2.28. The number of esters is 2. The number of carbonyl (C=O) groups excluding carboxylic acids is 2. The van der Waals surface area contributed by atoms with Crippen LogP contribution in [0.15, 0.2) is 12.2 Å². The Morgan fingerprint density at radius 2 is 0.673 bits per heavy atom. The van der Waals surface area contributed by atoms with Gasteiger partial charge < -0.3 is 14.6 Å². The van der Waals surface area contributed by atoms with E-state index in [4.69, 9.17) is 9.47 Å². The highest BCUT2D eigenvalue weighted by Gasteiger charge is 2.16. The summed E-state index contributed by atoms with van der Waals surface area (Å²) in [5.41, 5.74) is 0. The van der Waals surface area contributed by atoms with Gasteiger partial charge in [-0.1, -0.05) is 238 Å². The predicted molar refractivity (Wildman–Crippen MR) is 238 cm³/mol. The predicted octanol–water partition coefficient (Wildman–Crippen LogP) is 16.0. The van der Waals surface area contributed by atoms with Gasteiger partial charge in [0.1, 0.15) is 6.61 Å². The zero-order valence-corrected chi connectivity index (χ0v) is 37.2. The van der Waals surface area contributed by atoms with Crippen molar-refractivity contribution in [1.82, 2.24) is 0 Å². The molecule has 326 valence electrons. The molecule has 0 unspecified atom stereocenters. The SMILES string of the molecule is CCCCCCCC/C=C/CCCCCCCCCCCCCC(=O)OC[C@H](CO)OC(=O)CCCCCCCCCCCCCCCCCCCCCC. The molecule has 0 rings (SSSR count). The van der Waals surface area contributed by atoms with Gasteiger partial charge in [-0.3, -0.25) is 9.59 Å². The molecule has 55 heavy (non-hydrogen) atoms. The summed E-state index contributed by atoms with van der Waals surface area (Å²) in [6.07, 6.45) is 55.9. The Morgan fingerprint density at radius 3 is 0.982 bits per heavy atom. The fourth-order valence-corrected chi connectivity index (χ4v) is 7.55. The maximum absolute atomic E-state index is 12.2. The number of aliphatic hydroxyl groups excluding tert-OH is 1. The van der Waals surface area contributed by atoms with E-state index in [1.165, 1.54) is 212 Å². The first-order valence-electron chi connectivity index (χ1n) is 24.7. The van der Waals surface area contributed by atoms with Crippen molar-refractivity contribution in [2.24, 2.45) is 0 Å². The second-order valence-electron chi connectivity index (χ2n) is 16.9. The molecule has 0 saturated heterocycles. The summed E-state index contributed by atoms with van der Waals surface area (Å²) in [5, 5.41) is 9.61. The third kappa shape index (κ3) is 45.2. The Balaban J connectivity index is 3.45. The second-order valence-corrected chi connectivity index (χ2v) is 16.9. The number of ether oxygens (including phenoxy) is 2. The van der Waals surface area contributed by atoms with Crippen molar-refractivity contribution in [3.8, 4) is 0 Å². The Bertz CT molecular complexity index is 795. The molecule has 0 saturated carbocycles. The average Bonchev–Trinajstić information content (AvgIpc) is 3.19. The van der Waals surface area contributed by atoms with Crippen LogP contribution in [0.5, 0.6) is 0 Å². The van der Waals surface area contributed by atoms with Crippen LogP contribution in [0.3, 0.4) is 0 Å². The van der Waals surface area contributed by atoms with Gasteiger partial charge in [0.25, 0.3) is 0 Å². The summed E-state index contributed by atoms with van der Waals surface area (Å²) < 4.78 is 10.7. The van der Waals surface area contributed by atoms with Crippen LogP contribution in [0.1, 0.15) is 277 Å². The first-order chi connectivity index (χ1) is 27.1. The standard InChI is InChI=1S/C50H96O5/c1-3-5-7-9-11-13-15-17-19-21-23-25-27-28-30-32-34-36-38-40-42-44-49(52)54-47-48(46-51)55-50(53)45-43-41-39-37-35-33-31-29-26-24-22-20-18-16-14-12-10-8-6-4-2/h17,19,48,51H,3-16,18,20-47H2,1-2H3/b19-17+/t48-/m0/s1. The van der Waals surface area contributed by atoms with Crippen molar-refractivity contribution in [2.75, 3.05) is 13.2 Å². The third-order valence-electron chi connectivity index (χ3n) is 11.3. The summed E-state index contributed by atoms with van der Waals surface area (Å²) in [6.45, 7) is 4.18. The summed E-state index contributed by atoms with van der Waals surface area (Å²) in [7, 11) is 0. The van der Waals surface area contributed by atoms with E-state index in [0.29, 0.717) is 12.8 Å². The Kier molecular flexibility index (Phi) is 45.9. The van der Waals surface area contributed by atoms with E-state index in [-0.39, 0.29) is 25.2 Å². The van der Waals surface area contributed by atoms with E-state index in [2.05, 4.69) is 26.0 Å². The van der Waals surface area contributed by atoms with Gasteiger partial charge in [-0.05, 0) is 38.5 Å². The zero-order chi connectivity index (χ0) is 40.0.